The second-order valence-corrected chi connectivity index (χ2v) is 11.6. The highest BCUT2D eigenvalue weighted by Crippen LogP contribution is 2.40. The van der Waals surface area contributed by atoms with Crippen LogP contribution in [0.2, 0.25) is 0 Å². The Morgan fingerprint density at radius 1 is 0.391 bits per heavy atom. The molecule has 0 fully saturated rings. The lowest BCUT2D eigenvalue weighted by Gasteiger charge is -2.14. The van der Waals surface area contributed by atoms with E-state index in [2.05, 4.69) is 94.1 Å². The molecule has 0 N–H and O–H groups in total. The summed E-state index contributed by atoms with van der Waals surface area (Å²) in [5.41, 5.74) is 9.65. The number of hydrogen-bond acceptors (Lipinski definition) is 4. The fourth-order valence-electron chi connectivity index (χ4n) is 6.90. The van der Waals surface area contributed by atoms with Crippen LogP contribution in [0.15, 0.2) is 146 Å². The van der Waals surface area contributed by atoms with Crippen molar-refractivity contribution in [1.82, 2.24) is 29.1 Å². The molecular weight excluding hydrogens is 564 g/mol. The molecule has 0 saturated carbocycles. The van der Waals surface area contributed by atoms with Gasteiger partial charge in [-0.3, -0.25) is 14.1 Å². The van der Waals surface area contributed by atoms with Crippen molar-refractivity contribution in [2.45, 2.75) is 0 Å². The van der Waals surface area contributed by atoms with E-state index in [1.807, 2.05) is 60.8 Å². The maximum atomic E-state index is 5.30. The minimum absolute atomic E-state index is 0.791. The minimum Gasteiger partial charge on any atom is -0.292 e. The van der Waals surface area contributed by atoms with Crippen LogP contribution in [0.25, 0.3) is 88.6 Å². The SMILES string of the molecule is c1ccc(-c2nc3ccccc3nc2-n2c3ccccc3c3cc4c(cc32)c2ccccc2n4-c2cnc3ccccc3n2)cc1. The van der Waals surface area contributed by atoms with Gasteiger partial charge in [0.1, 0.15) is 5.69 Å². The second-order valence-electron chi connectivity index (χ2n) is 11.6. The summed E-state index contributed by atoms with van der Waals surface area (Å²) in [6.45, 7) is 0. The molecule has 10 aromatic rings. The van der Waals surface area contributed by atoms with E-state index in [9.17, 15) is 0 Å². The fourth-order valence-corrected chi connectivity index (χ4v) is 6.90. The first kappa shape index (κ1) is 25.0. The molecule has 0 atom stereocenters. The van der Waals surface area contributed by atoms with E-state index in [1.54, 1.807) is 0 Å². The number of hydrogen-bond donors (Lipinski definition) is 0. The number of aromatic nitrogens is 6. The van der Waals surface area contributed by atoms with Crippen LogP contribution in [0.1, 0.15) is 0 Å². The van der Waals surface area contributed by atoms with Crippen LogP contribution in [0.4, 0.5) is 0 Å². The van der Waals surface area contributed by atoms with Crippen LogP contribution in [0.3, 0.4) is 0 Å². The molecule has 6 nitrogen and oxygen atoms in total. The first-order valence-electron chi connectivity index (χ1n) is 15.3. The van der Waals surface area contributed by atoms with Gasteiger partial charge in [0.15, 0.2) is 11.6 Å². The van der Waals surface area contributed by atoms with Crippen LogP contribution in [-0.2, 0) is 0 Å². The molecule has 0 radical (unpaired) electrons. The van der Waals surface area contributed by atoms with Crippen LogP contribution in [-0.4, -0.2) is 29.1 Å². The molecule has 0 bridgehead atoms. The summed E-state index contributed by atoms with van der Waals surface area (Å²) < 4.78 is 4.52. The number of para-hydroxylation sites is 6. The first-order valence-corrected chi connectivity index (χ1v) is 15.3. The van der Waals surface area contributed by atoms with Crippen molar-refractivity contribution in [3.05, 3.63) is 146 Å². The summed E-state index contributed by atoms with van der Waals surface area (Å²) in [7, 11) is 0. The van der Waals surface area contributed by atoms with Gasteiger partial charge in [-0.25, -0.2) is 15.0 Å². The lowest BCUT2D eigenvalue weighted by atomic mass is 10.1. The van der Waals surface area contributed by atoms with Gasteiger partial charge in [0.25, 0.3) is 0 Å². The highest BCUT2D eigenvalue weighted by atomic mass is 15.1. The van der Waals surface area contributed by atoms with Gasteiger partial charge in [-0.15, -0.1) is 0 Å². The molecule has 4 heterocycles. The van der Waals surface area contributed by atoms with Gasteiger partial charge >= 0.3 is 0 Å². The highest BCUT2D eigenvalue weighted by Gasteiger charge is 2.22. The lowest BCUT2D eigenvalue weighted by Crippen LogP contribution is -2.03. The third-order valence-electron chi connectivity index (χ3n) is 8.94. The third-order valence-corrected chi connectivity index (χ3v) is 8.94. The third kappa shape index (κ3) is 3.58. The van der Waals surface area contributed by atoms with Crippen LogP contribution >= 0.6 is 0 Å². The molecular formula is C40H24N6. The molecule has 0 aliphatic rings. The van der Waals surface area contributed by atoms with E-state index in [-0.39, 0.29) is 0 Å². The Kier molecular flexibility index (Phi) is 5.19. The van der Waals surface area contributed by atoms with Gasteiger partial charge in [0.05, 0.1) is 50.3 Å². The van der Waals surface area contributed by atoms with Crippen LogP contribution in [0, 0.1) is 0 Å². The van der Waals surface area contributed by atoms with Crippen molar-refractivity contribution in [1.29, 1.82) is 0 Å². The molecule has 10 rings (SSSR count). The largest absolute Gasteiger partial charge is 0.292 e. The van der Waals surface area contributed by atoms with Crippen molar-refractivity contribution in [3.63, 3.8) is 0 Å². The van der Waals surface area contributed by atoms with Crippen molar-refractivity contribution in [3.8, 4) is 22.9 Å². The first-order chi connectivity index (χ1) is 22.8. The lowest BCUT2D eigenvalue weighted by molar-refractivity contribution is 1.07. The summed E-state index contributed by atoms with van der Waals surface area (Å²) >= 11 is 0. The standard InChI is InChI=1S/C40H24N6/c1-2-12-25(13-3-1)39-40(44-33-19-9-8-18-32(33)43-39)46-35-21-11-5-15-27(35)29-22-36-28(23-37(29)46)26-14-4-10-20-34(26)45(36)38-24-41-30-16-6-7-17-31(30)42-38/h1-24H. The molecule has 6 aromatic carbocycles. The van der Waals surface area contributed by atoms with Crippen LogP contribution < -0.4 is 0 Å². The van der Waals surface area contributed by atoms with E-state index in [4.69, 9.17) is 19.9 Å². The van der Waals surface area contributed by atoms with Gasteiger partial charge in [-0.05, 0) is 48.5 Å². The van der Waals surface area contributed by atoms with E-state index in [0.717, 1.165) is 88.6 Å². The average Bonchev–Trinajstić information content (AvgIpc) is 3.62. The van der Waals surface area contributed by atoms with Gasteiger partial charge < -0.3 is 0 Å². The Labute approximate surface area is 262 Å². The summed E-state index contributed by atoms with van der Waals surface area (Å²) in [4.78, 5) is 20.3. The average molecular weight is 589 g/mol. The summed E-state index contributed by atoms with van der Waals surface area (Å²) in [5.74, 6) is 1.60. The molecule has 6 heteroatoms. The second kappa shape index (κ2) is 9.55. The molecule has 214 valence electrons. The summed E-state index contributed by atoms with van der Waals surface area (Å²) in [6, 6.07) is 48.1. The zero-order chi connectivity index (χ0) is 30.2. The molecule has 4 aromatic heterocycles. The Morgan fingerprint density at radius 3 is 1.61 bits per heavy atom. The van der Waals surface area contributed by atoms with Gasteiger partial charge in [0, 0.05) is 27.1 Å². The smallest absolute Gasteiger partial charge is 0.165 e. The van der Waals surface area contributed by atoms with E-state index in [1.165, 1.54) is 0 Å². The van der Waals surface area contributed by atoms with Gasteiger partial charge in [-0.2, -0.15) is 0 Å². The van der Waals surface area contributed by atoms with Crippen molar-refractivity contribution >= 4 is 65.7 Å². The minimum atomic E-state index is 0.791. The maximum Gasteiger partial charge on any atom is 0.165 e. The Hall–Kier alpha value is -6.40. The zero-order valence-electron chi connectivity index (χ0n) is 24.5. The monoisotopic (exact) mass is 588 g/mol. The van der Waals surface area contributed by atoms with E-state index >= 15 is 0 Å². The molecule has 0 saturated heterocycles. The van der Waals surface area contributed by atoms with E-state index < -0.39 is 0 Å². The summed E-state index contributed by atoms with van der Waals surface area (Å²) in [6.07, 6.45) is 1.87. The highest BCUT2D eigenvalue weighted by molar-refractivity contribution is 6.19. The Bertz CT molecular complexity index is 2810. The Balaban J connectivity index is 1.35. The molecule has 0 amide bonds. The number of benzene rings is 6. The van der Waals surface area contributed by atoms with Crippen LogP contribution in [0.5, 0.6) is 0 Å². The normalized spacial score (nSPS) is 11.9. The predicted octanol–water partition coefficient (Wildman–Crippen LogP) is 9.43. The predicted molar refractivity (Wildman–Crippen MR) is 187 cm³/mol. The molecule has 0 unspecified atom stereocenters. The number of rotatable bonds is 3. The molecule has 46 heavy (non-hydrogen) atoms. The number of nitrogens with zero attached hydrogens (tertiary/aromatic N) is 6. The maximum absolute atomic E-state index is 5.30. The summed E-state index contributed by atoms with van der Waals surface area (Å²) in [5, 5.41) is 4.57. The number of fused-ring (bicyclic) bond motifs is 8. The topological polar surface area (TPSA) is 61.4 Å². The van der Waals surface area contributed by atoms with Crippen molar-refractivity contribution in [2.75, 3.05) is 0 Å². The van der Waals surface area contributed by atoms with Crippen molar-refractivity contribution in [2.24, 2.45) is 0 Å². The molecule has 0 spiro atoms. The quantitative estimate of drug-likeness (QED) is 0.206. The Morgan fingerprint density at radius 2 is 0.913 bits per heavy atom. The van der Waals surface area contributed by atoms with Gasteiger partial charge in [0.2, 0.25) is 0 Å². The van der Waals surface area contributed by atoms with Crippen molar-refractivity contribution < 1.29 is 0 Å². The fraction of sp³-hybridized carbons (Fsp3) is 0. The zero-order valence-corrected chi connectivity index (χ0v) is 24.5. The molecule has 0 aliphatic carbocycles. The molecule has 0 aliphatic heterocycles. The van der Waals surface area contributed by atoms with Gasteiger partial charge in [-0.1, -0.05) is 91.0 Å². The van der Waals surface area contributed by atoms with E-state index in [0.29, 0.717) is 0 Å².